The number of nitrogens with one attached hydrogen (secondary N) is 2. The Morgan fingerprint density at radius 2 is 1.76 bits per heavy atom. The number of likely N-dealkylation sites (N-methyl/N-ethyl adjacent to an activating group) is 1. The Labute approximate surface area is 126 Å². The van der Waals surface area contributed by atoms with E-state index in [1.807, 2.05) is 26.0 Å². The van der Waals surface area contributed by atoms with Crippen molar-refractivity contribution in [1.29, 1.82) is 0 Å². The molecule has 0 saturated carbocycles. The summed E-state index contributed by atoms with van der Waals surface area (Å²) in [6, 6.07) is 7.80. The smallest absolute Gasteiger partial charge is 0.315 e. The topological polar surface area (TPSA) is 61.4 Å². The van der Waals surface area contributed by atoms with Gasteiger partial charge in [0, 0.05) is 19.6 Å². The van der Waals surface area contributed by atoms with Crippen molar-refractivity contribution in [3.8, 4) is 0 Å². The number of nitrogens with zero attached hydrogens (tertiary/aromatic N) is 1. The molecule has 0 aliphatic heterocycles. The second-order valence-electron chi connectivity index (χ2n) is 4.85. The summed E-state index contributed by atoms with van der Waals surface area (Å²) in [4.78, 5) is 25.1. The van der Waals surface area contributed by atoms with Gasteiger partial charge in [0.1, 0.15) is 0 Å². The predicted molar refractivity (Wildman–Crippen MR) is 84.2 cm³/mol. The minimum Gasteiger partial charge on any atom is -0.342 e. The maximum Gasteiger partial charge on any atom is 0.315 e. The lowest BCUT2D eigenvalue weighted by atomic mass is 10.1. The van der Waals surface area contributed by atoms with E-state index in [1.54, 1.807) is 4.90 Å². The SMILES string of the molecule is CCN(CC)C(=O)CNC(=O)NCCc1ccccc1C. The third-order valence-electron chi connectivity index (χ3n) is 3.46. The number of amides is 3. The van der Waals surface area contributed by atoms with Crippen LogP contribution in [0.15, 0.2) is 24.3 Å². The van der Waals surface area contributed by atoms with Crippen LogP contribution in [-0.4, -0.2) is 43.0 Å². The van der Waals surface area contributed by atoms with Crippen LogP contribution in [0.3, 0.4) is 0 Å². The molecule has 0 unspecified atom stereocenters. The molecule has 2 N–H and O–H groups in total. The number of benzene rings is 1. The molecule has 0 aliphatic carbocycles. The molecule has 5 nitrogen and oxygen atoms in total. The summed E-state index contributed by atoms with van der Waals surface area (Å²) in [5.74, 6) is -0.0611. The van der Waals surface area contributed by atoms with Crippen molar-refractivity contribution in [1.82, 2.24) is 15.5 Å². The maximum absolute atomic E-state index is 11.7. The minimum absolute atomic E-state index is 0.0396. The largest absolute Gasteiger partial charge is 0.342 e. The van der Waals surface area contributed by atoms with Crippen molar-refractivity contribution < 1.29 is 9.59 Å². The van der Waals surface area contributed by atoms with Crippen molar-refractivity contribution in [2.45, 2.75) is 27.2 Å². The monoisotopic (exact) mass is 291 g/mol. The van der Waals surface area contributed by atoms with E-state index in [-0.39, 0.29) is 18.5 Å². The molecule has 0 bridgehead atoms. The number of urea groups is 1. The van der Waals surface area contributed by atoms with Gasteiger partial charge in [-0.15, -0.1) is 0 Å². The molecule has 1 rings (SSSR count). The molecule has 0 atom stereocenters. The standard InChI is InChI=1S/C16H25N3O2/c1-4-19(5-2)15(20)12-18-16(21)17-11-10-14-9-7-6-8-13(14)3/h6-9H,4-5,10-12H2,1-3H3,(H2,17,18,21). The van der Waals surface area contributed by atoms with Crippen molar-refractivity contribution in [2.75, 3.05) is 26.2 Å². The fourth-order valence-corrected chi connectivity index (χ4v) is 2.11. The lowest BCUT2D eigenvalue weighted by molar-refractivity contribution is -0.129. The summed E-state index contributed by atoms with van der Waals surface area (Å²) < 4.78 is 0. The molecular formula is C16H25N3O2. The van der Waals surface area contributed by atoms with Crippen molar-refractivity contribution in [2.24, 2.45) is 0 Å². The Morgan fingerprint density at radius 3 is 2.38 bits per heavy atom. The fourth-order valence-electron chi connectivity index (χ4n) is 2.11. The van der Waals surface area contributed by atoms with E-state index in [1.165, 1.54) is 11.1 Å². The molecule has 0 aromatic heterocycles. The van der Waals surface area contributed by atoms with Crippen molar-refractivity contribution in [3.63, 3.8) is 0 Å². The average molecular weight is 291 g/mol. The Kier molecular flexibility index (Phi) is 7.29. The van der Waals surface area contributed by atoms with E-state index in [4.69, 9.17) is 0 Å². The van der Waals surface area contributed by atoms with Crippen LogP contribution in [0.4, 0.5) is 4.79 Å². The van der Waals surface area contributed by atoms with Crippen LogP contribution < -0.4 is 10.6 Å². The zero-order valence-electron chi connectivity index (χ0n) is 13.1. The number of hydrogen-bond acceptors (Lipinski definition) is 2. The molecule has 5 heteroatoms. The van der Waals surface area contributed by atoms with Gasteiger partial charge in [0.15, 0.2) is 0 Å². The first kappa shape index (κ1) is 17.0. The van der Waals surface area contributed by atoms with Crippen molar-refractivity contribution >= 4 is 11.9 Å². The molecule has 0 saturated heterocycles. The van der Waals surface area contributed by atoms with E-state index < -0.39 is 0 Å². The summed E-state index contributed by atoms with van der Waals surface area (Å²) in [5.41, 5.74) is 2.44. The Hall–Kier alpha value is -2.04. The summed E-state index contributed by atoms with van der Waals surface area (Å²) >= 11 is 0. The Bertz CT molecular complexity index is 470. The second-order valence-corrected chi connectivity index (χ2v) is 4.85. The van der Waals surface area contributed by atoms with Gasteiger partial charge in [-0.2, -0.15) is 0 Å². The van der Waals surface area contributed by atoms with Crippen LogP contribution in [0.1, 0.15) is 25.0 Å². The number of aryl methyl sites for hydroxylation is 1. The first-order valence-electron chi connectivity index (χ1n) is 7.42. The van der Waals surface area contributed by atoms with Gasteiger partial charge in [-0.25, -0.2) is 4.79 Å². The molecule has 0 aliphatic rings. The average Bonchev–Trinajstić information content (AvgIpc) is 2.48. The van der Waals surface area contributed by atoms with Gasteiger partial charge in [0.2, 0.25) is 5.91 Å². The third-order valence-corrected chi connectivity index (χ3v) is 3.46. The molecule has 1 aromatic carbocycles. The van der Waals surface area contributed by atoms with Gasteiger partial charge in [-0.3, -0.25) is 4.79 Å². The maximum atomic E-state index is 11.7. The molecule has 0 radical (unpaired) electrons. The van der Waals surface area contributed by atoms with Crippen LogP contribution in [0, 0.1) is 6.92 Å². The lowest BCUT2D eigenvalue weighted by Gasteiger charge is -2.18. The molecule has 116 valence electrons. The molecule has 0 fully saturated rings. The molecule has 3 amide bonds. The summed E-state index contributed by atoms with van der Waals surface area (Å²) in [6.45, 7) is 7.80. The van der Waals surface area contributed by atoms with Crippen LogP contribution >= 0.6 is 0 Å². The highest BCUT2D eigenvalue weighted by atomic mass is 16.2. The summed E-state index contributed by atoms with van der Waals surface area (Å²) in [7, 11) is 0. The van der Waals surface area contributed by atoms with Crippen LogP contribution in [0.25, 0.3) is 0 Å². The quantitative estimate of drug-likeness (QED) is 0.803. The molecular weight excluding hydrogens is 266 g/mol. The number of hydrogen-bond donors (Lipinski definition) is 2. The van der Waals surface area contributed by atoms with Gasteiger partial charge in [0.25, 0.3) is 0 Å². The highest BCUT2D eigenvalue weighted by molar-refractivity contribution is 5.83. The zero-order valence-corrected chi connectivity index (χ0v) is 13.1. The minimum atomic E-state index is -0.302. The summed E-state index contributed by atoms with van der Waals surface area (Å²) in [6.07, 6.45) is 0.782. The van der Waals surface area contributed by atoms with Crippen LogP contribution in [-0.2, 0) is 11.2 Å². The first-order valence-corrected chi connectivity index (χ1v) is 7.42. The van der Waals surface area contributed by atoms with Gasteiger partial charge >= 0.3 is 6.03 Å². The second kappa shape index (κ2) is 9.00. The van der Waals surface area contributed by atoms with E-state index in [0.717, 1.165) is 6.42 Å². The van der Waals surface area contributed by atoms with E-state index in [9.17, 15) is 9.59 Å². The van der Waals surface area contributed by atoms with Gasteiger partial charge in [0.05, 0.1) is 6.54 Å². The van der Waals surface area contributed by atoms with E-state index in [0.29, 0.717) is 19.6 Å². The molecule has 0 spiro atoms. The van der Waals surface area contributed by atoms with Crippen molar-refractivity contribution in [3.05, 3.63) is 35.4 Å². The van der Waals surface area contributed by atoms with E-state index in [2.05, 4.69) is 29.7 Å². The van der Waals surface area contributed by atoms with Gasteiger partial charge < -0.3 is 15.5 Å². The summed E-state index contributed by atoms with van der Waals surface area (Å²) in [5, 5.41) is 5.36. The predicted octanol–water partition coefficient (Wildman–Crippen LogP) is 1.71. The molecule has 1 aromatic rings. The highest BCUT2D eigenvalue weighted by Gasteiger charge is 2.10. The molecule has 0 heterocycles. The molecule has 21 heavy (non-hydrogen) atoms. The third kappa shape index (κ3) is 5.85. The van der Waals surface area contributed by atoms with Gasteiger partial charge in [-0.1, -0.05) is 24.3 Å². The van der Waals surface area contributed by atoms with Gasteiger partial charge in [-0.05, 0) is 38.3 Å². The number of carbonyl (C=O) groups excluding carboxylic acids is 2. The van der Waals surface area contributed by atoms with Crippen LogP contribution in [0.5, 0.6) is 0 Å². The highest BCUT2D eigenvalue weighted by Crippen LogP contribution is 2.06. The number of rotatable bonds is 7. The number of carbonyl (C=O) groups is 2. The van der Waals surface area contributed by atoms with E-state index >= 15 is 0 Å². The fraction of sp³-hybridized carbons (Fsp3) is 0.500. The Balaban J connectivity index is 2.26. The first-order chi connectivity index (χ1) is 10.1. The Morgan fingerprint density at radius 1 is 1.10 bits per heavy atom. The lowest BCUT2D eigenvalue weighted by Crippen LogP contribution is -2.44. The van der Waals surface area contributed by atoms with Crippen LogP contribution in [0.2, 0.25) is 0 Å². The zero-order chi connectivity index (χ0) is 15.7. The normalized spacial score (nSPS) is 10.0.